The third kappa shape index (κ3) is 2.59. The summed E-state index contributed by atoms with van der Waals surface area (Å²) in [5.74, 6) is 0. The van der Waals surface area contributed by atoms with E-state index in [2.05, 4.69) is 0 Å². The second kappa shape index (κ2) is 3.56. The summed E-state index contributed by atoms with van der Waals surface area (Å²) >= 11 is 1.60. The quantitative estimate of drug-likeness (QED) is 0.749. The first kappa shape index (κ1) is 9.71. The second-order valence-corrected chi connectivity index (χ2v) is 4.29. The van der Waals surface area contributed by atoms with Crippen molar-refractivity contribution >= 4 is 11.3 Å². The van der Waals surface area contributed by atoms with E-state index in [1.165, 1.54) is 0 Å². The van der Waals surface area contributed by atoms with Crippen molar-refractivity contribution in [2.45, 2.75) is 32.0 Å². The molecule has 0 aliphatic carbocycles. The maximum absolute atomic E-state index is 9.51. The molecule has 1 rings (SSSR count). The third-order valence-electron chi connectivity index (χ3n) is 1.82. The number of thiophene rings is 1. The predicted molar refractivity (Wildman–Crippen MR) is 50.3 cm³/mol. The van der Waals surface area contributed by atoms with Crippen LogP contribution in [0.1, 0.15) is 19.4 Å². The first-order valence-corrected chi connectivity index (χ1v) is 4.86. The van der Waals surface area contributed by atoms with Crippen LogP contribution in [0.15, 0.2) is 16.8 Å². The van der Waals surface area contributed by atoms with E-state index in [0.717, 1.165) is 5.56 Å². The van der Waals surface area contributed by atoms with Gasteiger partial charge < -0.3 is 10.2 Å². The molecule has 0 bridgehead atoms. The van der Waals surface area contributed by atoms with Crippen molar-refractivity contribution in [2.75, 3.05) is 0 Å². The normalized spacial score (nSPS) is 14.7. The van der Waals surface area contributed by atoms with Crippen LogP contribution >= 0.6 is 11.3 Å². The van der Waals surface area contributed by atoms with Gasteiger partial charge in [0.2, 0.25) is 0 Å². The minimum Gasteiger partial charge on any atom is -0.390 e. The minimum atomic E-state index is -1.01. The summed E-state index contributed by atoms with van der Waals surface area (Å²) in [6, 6.07) is 1.96. The molecule has 0 aliphatic heterocycles. The van der Waals surface area contributed by atoms with E-state index < -0.39 is 11.7 Å². The van der Waals surface area contributed by atoms with Gasteiger partial charge >= 0.3 is 0 Å². The first-order valence-electron chi connectivity index (χ1n) is 3.91. The second-order valence-electron chi connectivity index (χ2n) is 3.51. The molecule has 1 aromatic heterocycles. The fourth-order valence-corrected chi connectivity index (χ4v) is 1.56. The molecule has 0 saturated carbocycles. The van der Waals surface area contributed by atoms with Gasteiger partial charge in [0.05, 0.1) is 11.7 Å². The molecule has 1 aromatic rings. The summed E-state index contributed by atoms with van der Waals surface area (Å²) in [4.78, 5) is 0. The lowest BCUT2D eigenvalue weighted by Gasteiger charge is -2.23. The number of aliphatic hydroxyl groups excluding tert-OH is 1. The Labute approximate surface area is 76.5 Å². The summed E-state index contributed by atoms with van der Waals surface area (Å²) < 4.78 is 0. The highest BCUT2D eigenvalue weighted by atomic mass is 32.1. The molecular weight excluding hydrogens is 172 g/mol. The monoisotopic (exact) mass is 186 g/mol. The van der Waals surface area contributed by atoms with Gasteiger partial charge in [0, 0.05) is 6.42 Å². The van der Waals surface area contributed by atoms with Crippen molar-refractivity contribution in [1.29, 1.82) is 0 Å². The van der Waals surface area contributed by atoms with Crippen molar-refractivity contribution in [3.05, 3.63) is 22.4 Å². The first-order chi connectivity index (χ1) is 5.50. The van der Waals surface area contributed by atoms with Gasteiger partial charge in [0.1, 0.15) is 0 Å². The van der Waals surface area contributed by atoms with Crippen LogP contribution in [0, 0.1) is 0 Å². The molecule has 0 radical (unpaired) electrons. The Kier molecular flexibility index (Phi) is 2.88. The van der Waals surface area contributed by atoms with Crippen molar-refractivity contribution in [3.63, 3.8) is 0 Å². The van der Waals surface area contributed by atoms with Crippen LogP contribution in [0.25, 0.3) is 0 Å². The zero-order valence-corrected chi connectivity index (χ0v) is 8.14. The molecule has 2 nitrogen and oxygen atoms in total. The maximum atomic E-state index is 9.51. The van der Waals surface area contributed by atoms with Gasteiger partial charge in [-0.2, -0.15) is 11.3 Å². The largest absolute Gasteiger partial charge is 0.390 e. The average molecular weight is 186 g/mol. The van der Waals surface area contributed by atoms with Crippen molar-refractivity contribution in [2.24, 2.45) is 0 Å². The lowest BCUT2D eigenvalue weighted by Crippen LogP contribution is -2.37. The van der Waals surface area contributed by atoms with Gasteiger partial charge in [0.15, 0.2) is 0 Å². The molecular formula is C9H14O2S. The van der Waals surface area contributed by atoms with Crippen LogP contribution in [0.2, 0.25) is 0 Å². The third-order valence-corrected chi connectivity index (χ3v) is 2.56. The van der Waals surface area contributed by atoms with Crippen molar-refractivity contribution in [1.82, 2.24) is 0 Å². The molecule has 0 fully saturated rings. The molecule has 0 aromatic carbocycles. The minimum absolute atomic E-state index is 0.521. The fraction of sp³-hybridized carbons (Fsp3) is 0.556. The topological polar surface area (TPSA) is 40.5 Å². The van der Waals surface area contributed by atoms with Crippen LogP contribution in [0.3, 0.4) is 0 Å². The van der Waals surface area contributed by atoms with Crippen molar-refractivity contribution < 1.29 is 10.2 Å². The van der Waals surface area contributed by atoms with Gasteiger partial charge in [0.25, 0.3) is 0 Å². The van der Waals surface area contributed by atoms with E-state index >= 15 is 0 Å². The Balaban J connectivity index is 2.53. The number of aliphatic hydroxyl groups is 2. The van der Waals surface area contributed by atoms with Gasteiger partial charge in [-0.3, -0.25) is 0 Å². The molecule has 1 heterocycles. The number of hydrogen-bond acceptors (Lipinski definition) is 3. The van der Waals surface area contributed by atoms with E-state index in [1.807, 2.05) is 16.8 Å². The van der Waals surface area contributed by atoms with Crippen LogP contribution in [0.5, 0.6) is 0 Å². The molecule has 1 unspecified atom stereocenters. The highest BCUT2D eigenvalue weighted by Gasteiger charge is 2.24. The van der Waals surface area contributed by atoms with E-state index in [0.29, 0.717) is 6.42 Å². The molecule has 1 atom stereocenters. The van der Waals surface area contributed by atoms with Gasteiger partial charge in [-0.05, 0) is 36.2 Å². The number of hydrogen-bond donors (Lipinski definition) is 2. The molecule has 0 aliphatic rings. The smallest absolute Gasteiger partial charge is 0.0862 e. The Morgan fingerprint density at radius 1 is 1.58 bits per heavy atom. The summed E-state index contributed by atoms with van der Waals surface area (Å²) in [5, 5.41) is 22.9. The Hall–Kier alpha value is -0.380. The molecule has 0 saturated heterocycles. The highest BCUT2D eigenvalue weighted by molar-refractivity contribution is 7.07. The Morgan fingerprint density at radius 3 is 2.67 bits per heavy atom. The summed E-state index contributed by atoms with van der Waals surface area (Å²) in [7, 11) is 0. The average Bonchev–Trinajstić information content (AvgIpc) is 2.37. The van der Waals surface area contributed by atoms with Gasteiger partial charge in [-0.15, -0.1) is 0 Å². The van der Waals surface area contributed by atoms with Crippen molar-refractivity contribution in [3.8, 4) is 0 Å². The van der Waals surface area contributed by atoms with Gasteiger partial charge in [-0.25, -0.2) is 0 Å². The molecule has 68 valence electrons. The molecule has 0 spiro atoms. The zero-order chi connectivity index (χ0) is 9.19. The maximum Gasteiger partial charge on any atom is 0.0862 e. The van der Waals surface area contributed by atoms with Gasteiger partial charge in [-0.1, -0.05) is 0 Å². The van der Waals surface area contributed by atoms with Crippen LogP contribution < -0.4 is 0 Å². The Bertz CT molecular complexity index is 223. The predicted octanol–water partition coefficient (Wildman–Crippen LogP) is 1.42. The van der Waals surface area contributed by atoms with E-state index in [1.54, 1.807) is 25.2 Å². The van der Waals surface area contributed by atoms with Crippen LogP contribution in [0.4, 0.5) is 0 Å². The SMILES string of the molecule is CC(C)(O)C(O)Cc1ccsc1. The van der Waals surface area contributed by atoms with Crippen LogP contribution in [-0.4, -0.2) is 21.9 Å². The highest BCUT2D eigenvalue weighted by Crippen LogP contribution is 2.15. The number of rotatable bonds is 3. The summed E-state index contributed by atoms with van der Waals surface area (Å²) in [6.45, 7) is 3.23. The lowest BCUT2D eigenvalue weighted by atomic mass is 9.97. The lowest BCUT2D eigenvalue weighted by molar-refractivity contribution is -0.0469. The molecule has 12 heavy (non-hydrogen) atoms. The zero-order valence-electron chi connectivity index (χ0n) is 7.32. The standard InChI is InChI=1S/C9H14O2S/c1-9(2,11)8(10)5-7-3-4-12-6-7/h3-4,6,8,10-11H,5H2,1-2H3. The summed E-state index contributed by atoms with van der Waals surface area (Å²) in [6.07, 6.45) is -0.167. The van der Waals surface area contributed by atoms with Crippen LogP contribution in [-0.2, 0) is 6.42 Å². The van der Waals surface area contributed by atoms with E-state index in [4.69, 9.17) is 0 Å². The summed E-state index contributed by atoms with van der Waals surface area (Å²) in [5.41, 5.74) is 0.0664. The van der Waals surface area contributed by atoms with E-state index in [-0.39, 0.29) is 0 Å². The fourth-order valence-electron chi connectivity index (χ4n) is 0.882. The Morgan fingerprint density at radius 2 is 2.25 bits per heavy atom. The molecule has 3 heteroatoms. The van der Waals surface area contributed by atoms with E-state index in [9.17, 15) is 10.2 Å². The molecule has 0 amide bonds. The molecule has 2 N–H and O–H groups in total.